The van der Waals surface area contributed by atoms with Gasteiger partial charge in [0.1, 0.15) is 0 Å². The zero-order valence-electron chi connectivity index (χ0n) is 15.8. The van der Waals surface area contributed by atoms with E-state index in [2.05, 4.69) is 47.9 Å². The molecule has 2 aromatic heterocycles. The number of fused-ring (bicyclic) bond motifs is 1. The zero-order valence-corrected chi connectivity index (χ0v) is 18.2. The number of rotatable bonds is 6. The van der Waals surface area contributed by atoms with Crippen LogP contribution in [0.1, 0.15) is 29.2 Å². The largest absolute Gasteiger partial charge is 0.492 e. The van der Waals surface area contributed by atoms with Gasteiger partial charge in [0.2, 0.25) is 10.8 Å². The maximum atomic E-state index is 10.9. The average molecular weight is 466 g/mol. The quantitative estimate of drug-likeness (QED) is 0.582. The number of aliphatic hydroxyl groups excluding tert-OH is 1. The van der Waals surface area contributed by atoms with Gasteiger partial charge in [-0.25, -0.2) is 4.98 Å². The van der Waals surface area contributed by atoms with E-state index in [1.54, 1.807) is 4.52 Å². The van der Waals surface area contributed by atoms with Gasteiger partial charge in [0.05, 0.1) is 17.5 Å². The van der Waals surface area contributed by atoms with Crippen LogP contribution in [0.4, 0.5) is 0 Å². The molecule has 1 saturated heterocycles. The van der Waals surface area contributed by atoms with E-state index < -0.39 is 0 Å². The third kappa shape index (κ3) is 3.81. The van der Waals surface area contributed by atoms with Gasteiger partial charge < -0.3 is 10.2 Å². The number of halogens is 1. The molecule has 3 aromatic rings. The topological polar surface area (TPSA) is 77.1 Å². The van der Waals surface area contributed by atoms with Crippen LogP contribution in [0.5, 0.6) is 5.88 Å². The van der Waals surface area contributed by atoms with Crippen LogP contribution in [0.25, 0.3) is 4.96 Å². The summed E-state index contributed by atoms with van der Waals surface area (Å²) in [5.41, 5.74) is 1.13. The fourth-order valence-corrected chi connectivity index (χ4v) is 5.08. The fraction of sp³-hybridized carbons (Fsp3) is 0.474. The molecule has 1 fully saturated rings. The Morgan fingerprint density at radius 2 is 1.89 bits per heavy atom. The highest BCUT2D eigenvalue weighted by Crippen LogP contribution is 2.40. The normalized spacial score (nSPS) is 17.4. The maximum absolute atomic E-state index is 10.9. The number of aryl methyl sites for hydroxylation is 1. The number of aliphatic hydroxyl groups is 1. The first kappa shape index (κ1) is 19.8. The number of piperazine rings is 1. The van der Waals surface area contributed by atoms with Gasteiger partial charge in [-0.3, -0.25) is 9.80 Å². The van der Waals surface area contributed by atoms with Crippen LogP contribution in [0.2, 0.25) is 0 Å². The molecule has 7 nitrogen and oxygen atoms in total. The lowest BCUT2D eigenvalue weighted by Crippen LogP contribution is -2.48. The van der Waals surface area contributed by atoms with Gasteiger partial charge in [-0.15, -0.1) is 5.10 Å². The Kier molecular flexibility index (Phi) is 5.98. The van der Waals surface area contributed by atoms with E-state index in [9.17, 15) is 10.2 Å². The van der Waals surface area contributed by atoms with E-state index in [4.69, 9.17) is 0 Å². The smallest absolute Gasteiger partial charge is 0.230 e. The zero-order chi connectivity index (χ0) is 19.7. The number of aromatic nitrogens is 3. The summed E-state index contributed by atoms with van der Waals surface area (Å²) in [5.74, 6) is 0.920. The van der Waals surface area contributed by atoms with Crippen LogP contribution in [0.3, 0.4) is 0 Å². The van der Waals surface area contributed by atoms with Crippen molar-refractivity contribution in [3.05, 3.63) is 45.0 Å². The van der Waals surface area contributed by atoms with Gasteiger partial charge in [-0.05, 0) is 17.7 Å². The summed E-state index contributed by atoms with van der Waals surface area (Å²) < 4.78 is 2.59. The van der Waals surface area contributed by atoms with E-state index >= 15 is 0 Å². The van der Waals surface area contributed by atoms with Crippen LogP contribution in [0, 0.1) is 0 Å². The van der Waals surface area contributed by atoms with E-state index in [-0.39, 0.29) is 18.5 Å². The third-order valence-corrected chi connectivity index (χ3v) is 6.78. The van der Waals surface area contributed by atoms with E-state index in [1.165, 1.54) is 11.3 Å². The number of nitrogens with zero attached hydrogens (tertiary/aromatic N) is 5. The van der Waals surface area contributed by atoms with Crippen molar-refractivity contribution < 1.29 is 10.2 Å². The van der Waals surface area contributed by atoms with Crippen LogP contribution in [0.15, 0.2) is 28.7 Å². The minimum atomic E-state index is -0.0528. The highest BCUT2D eigenvalue weighted by molar-refractivity contribution is 9.10. The molecule has 9 heteroatoms. The molecular formula is C19H24BrN5O2S. The Bertz CT molecular complexity index is 934. The third-order valence-electron chi connectivity index (χ3n) is 5.18. The molecule has 1 aliphatic rings. The molecule has 4 rings (SSSR count). The van der Waals surface area contributed by atoms with Crippen molar-refractivity contribution in [1.29, 1.82) is 0 Å². The monoisotopic (exact) mass is 465 g/mol. The number of hydrogen-bond acceptors (Lipinski definition) is 7. The number of thiazole rings is 1. The van der Waals surface area contributed by atoms with Gasteiger partial charge in [0, 0.05) is 43.6 Å². The Balaban J connectivity index is 1.70. The Labute approximate surface area is 176 Å². The van der Waals surface area contributed by atoms with Crippen LogP contribution < -0.4 is 0 Å². The van der Waals surface area contributed by atoms with E-state index in [0.717, 1.165) is 58.3 Å². The molecular weight excluding hydrogens is 442 g/mol. The minimum absolute atomic E-state index is 0.0528. The number of β-amino-alcohol motifs (C(OH)–C–C–N with tert-alkyl or cyclic N) is 1. The minimum Gasteiger partial charge on any atom is -0.492 e. The second-order valence-corrected chi connectivity index (χ2v) is 8.85. The van der Waals surface area contributed by atoms with E-state index in [1.807, 2.05) is 19.1 Å². The molecule has 0 bridgehead atoms. The molecule has 3 heterocycles. The molecule has 0 unspecified atom stereocenters. The standard InChI is InChI=1S/C19H24BrN5O2S/c1-2-15-21-19-25(22-15)18(27)17(28-19)16(13-3-5-14(20)6-4-13)24-9-7-23(8-10-24)11-12-26/h3-6,16,26-27H,2,7-12H2,1H3/t16-/m1/s1. The molecule has 0 saturated carbocycles. The second-order valence-electron chi connectivity index (χ2n) is 6.92. The lowest BCUT2D eigenvalue weighted by Gasteiger charge is -2.39. The van der Waals surface area contributed by atoms with Gasteiger partial charge >= 0.3 is 0 Å². The predicted molar refractivity (Wildman–Crippen MR) is 113 cm³/mol. The summed E-state index contributed by atoms with van der Waals surface area (Å²) in [6.45, 7) is 6.43. The summed E-state index contributed by atoms with van der Waals surface area (Å²) in [4.78, 5) is 10.8. The van der Waals surface area contributed by atoms with Gasteiger partial charge in [-0.1, -0.05) is 46.3 Å². The summed E-state index contributed by atoms with van der Waals surface area (Å²) >= 11 is 5.01. The van der Waals surface area contributed by atoms with Crippen molar-refractivity contribution >= 4 is 32.2 Å². The van der Waals surface area contributed by atoms with Crippen molar-refractivity contribution in [2.24, 2.45) is 0 Å². The molecule has 0 aliphatic carbocycles. The highest BCUT2D eigenvalue weighted by atomic mass is 79.9. The predicted octanol–water partition coefficient (Wildman–Crippen LogP) is 2.52. The molecule has 0 radical (unpaired) electrons. The SMILES string of the molecule is CCc1nc2sc([C@@H](c3ccc(Br)cc3)N3CCN(CCO)CC3)c(O)n2n1. The first-order valence-corrected chi connectivity index (χ1v) is 11.1. The number of benzene rings is 1. The summed E-state index contributed by atoms with van der Waals surface area (Å²) in [6, 6.07) is 8.22. The van der Waals surface area contributed by atoms with Gasteiger partial charge in [0.15, 0.2) is 5.82 Å². The van der Waals surface area contributed by atoms with Crippen LogP contribution in [-0.4, -0.2) is 73.9 Å². The summed E-state index contributed by atoms with van der Waals surface area (Å²) in [5, 5.41) is 24.6. The fourth-order valence-electron chi connectivity index (χ4n) is 3.68. The number of hydrogen-bond donors (Lipinski definition) is 2. The average Bonchev–Trinajstić information content (AvgIpc) is 3.24. The van der Waals surface area contributed by atoms with Crippen molar-refractivity contribution in [2.45, 2.75) is 19.4 Å². The molecule has 1 aromatic carbocycles. The van der Waals surface area contributed by atoms with Crippen molar-refractivity contribution in [2.75, 3.05) is 39.3 Å². The first-order chi connectivity index (χ1) is 13.6. The lowest BCUT2D eigenvalue weighted by molar-refractivity contribution is 0.0945. The molecule has 0 amide bonds. The first-order valence-electron chi connectivity index (χ1n) is 9.50. The molecule has 150 valence electrons. The van der Waals surface area contributed by atoms with Crippen molar-refractivity contribution in [1.82, 2.24) is 24.4 Å². The van der Waals surface area contributed by atoms with Crippen LogP contribution >= 0.6 is 27.3 Å². The Morgan fingerprint density at radius 3 is 2.50 bits per heavy atom. The number of aromatic hydroxyl groups is 1. The summed E-state index contributed by atoms with van der Waals surface area (Å²) in [7, 11) is 0. The van der Waals surface area contributed by atoms with Gasteiger partial charge in [-0.2, -0.15) is 4.52 Å². The van der Waals surface area contributed by atoms with E-state index in [0.29, 0.717) is 6.54 Å². The lowest BCUT2D eigenvalue weighted by atomic mass is 10.0. The molecule has 2 N–H and O–H groups in total. The summed E-state index contributed by atoms with van der Waals surface area (Å²) in [6.07, 6.45) is 0.742. The maximum Gasteiger partial charge on any atom is 0.230 e. The molecule has 1 atom stereocenters. The second kappa shape index (κ2) is 8.46. The molecule has 28 heavy (non-hydrogen) atoms. The Hall–Kier alpha value is -1.52. The molecule has 1 aliphatic heterocycles. The van der Waals surface area contributed by atoms with Crippen LogP contribution in [-0.2, 0) is 6.42 Å². The molecule has 0 spiro atoms. The van der Waals surface area contributed by atoms with Crippen molar-refractivity contribution in [3.63, 3.8) is 0 Å². The van der Waals surface area contributed by atoms with Crippen molar-refractivity contribution in [3.8, 4) is 5.88 Å². The Morgan fingerprint density at radius 1 is 1.18 bits per heavy atom. The van der Waals surface area contributed by atoms with Gasteiger partial charge in [0.25, 0.3) is 0 Å². The highest BCUT2D eigenvalue weighted by Gasteiger charge is 2.31.